The van der Waals surface area contributed by atoms with Crippen LogP contribution in [0, 0.1) is 0 Å². The van der Waals surface area contributed by atoms with E-state index < -0.39 is 48.2 Å². The number of nitrogens with one attached hydrogen (secondary N) is 2. The summed E-state index contributed by atoms with van der Waals surface area (Å²) in [5.41, 5.74) is -0.388. The van der Waals surface area contributed by atoms with Crippen molar-refractivity contribution in [2.75, 3.05) is 6.61 Å². The summed E-state index contributed by atoms with van der Waals surface area (Å²) in [4.78, 5) is 39.9. The van der Waals surface area contributed by atoms with Gasteiger partial charge in [0.1, 0.15) is 23.4 Å². The van der Waals surface area contributed by atoms with Crippen molar-refractivity contribution in [2.24, 2.45) is 0 Å². The average Bonchev–Trinajstić information content (AvgIpc) is 2.60. The van der Waals surface area contributed by atoms with E-state index in [1.54, 1.807) is 60.6 Å². The van der Waals surface area contributed by atoms with E-state index in [0.29, 0.717) is 5.56 Å². The molecule has 1 rings (SSSR count). The molecule has 4 N–H and O–H groups in total. The SMILES string of the molecule is CC(C)NC(=O)C(c1cccc(O)c1)N(C(=O)C(CO)NC(=O)OC(C)(C)C)C(C)C. The Labute approximate surface area is 183 Å². The average molecular weight is 438 g/mol. The molecule has 0 aliphatic heterocycles. The fraction of sp³-hybridized carbons (Fsp3) is 0.591. The molecule has 174 valence electrons. The van der Waals surface area contributed by atoms with Crippen LogP contribution in [-0.2, 0) is 14.3 Å². The van der Waals surface area contributed by atoms with Crippen LogP contribution < -0.4 is 10.6 Å². The first-order chi connectivity index (χ1) is 14.3. The van der Waals surface area contributed by atoms with Crippen LogP contribution in [0.15, 0.2) is 24.3 Å². The fourth-order valence-corrected chi connectivity index (χ4v) is 2.99. The van der Waals surface area contributed by atoms with Gasteiger partial charge in [0.2, 0.25) is 11.8 Å². The third-order valence-corrected chi connectivity index (χ3v) is 4.13. The number of phenolic OH excluding ortho intramolecular Hbond substituents is 1. The topological polar surface area (TPSA) is 128 Å². The maximum atomic E-state index is 13.4. The molecule has 1 aromatic carbocycles. The standard InChI is InChI=1S/C22H35N3O6/c1-13(2)23-19(28)18(15-9-8-10-16(27)11-15)25(14(3)4)20(29)17(12-26)24-21(30)31-22(5,6)7/h8-11,13-14,17-18,26-27H,12H2,1-7H3,(H,23,28)(H,24,30). The van der Waals surface area contributed by atoms with E-state index in [2.05, 4.69) is 10.6 Å². The Morgan fingerprint density at radius 2 is 1.71 bits per heavy atom. The number of phenols is 1. The number of alkyl carbamates (subject to hydrolysis) is 1. The van der Waals surface area contributed by atoms with Gasteiger partial charge in [-0.05, 0) is 66.2 Å². The van der Waals surface area contributed by atoms with Gasteiger partial charge in [0, 0.05) is 12.1 Å². The van der Waals surface area contributed by atoms with Gasteiger partial charge in [-0.15, -0.1) is 0 Å². The molecular formula is C22H35N3O6. The number of hydrogen-bond acceptors (Lipinski definition) is 6. The zero-order valence-electron chi connectivity index (χ0n) is 19.3. The Morgan fingerprint density at radius 1 is 1.10 bits per heavy atom. The fourth-order valence-electron chi connectivity index (χ4n) is 2.99. The monoisotopic (exact) mass is 437 g/mol. The minimum Gasteiger partial charge on any atom is -0.508 e. The quantitative estimate of drug-likeness (QED) is 0.493. The summed E-state index contributed by atoms with van der Waals surface area (Å²) in [6.07, 6.45) is -0.857. The normalized spacial score (nSPS) is 13.5. The van der Waals surface area contributed by atoms with E-state index in [4.69, 9.17) is 4.74 Å². The highest BCUT2D eigenvalue weighted by molar-refractivity contribution is 5.92. The van der Waals surface area contributed by atoms with E-state index in [1.165, 1.54) is 17.0 Å². The Balaban J connectivity index is 3.33. The van der Waals surface area contributed by atoms with Crippen LogP contribution in [0.25, 0.3) is 0 Å². The molecule has 0 radical (unpaired) electrons. The minimum absolute atomic E-state index is 0.0541. The molecule has 9 heteroatoms. The lowest BCUT2D eigenvalue weighted by Gasteiger charge is -2.37. The van der Waals surface area contributed by atoms with Crippen LogP contribution in [0.5, 0.6) is 5.75 Å². The summed E-state index contributed by atoms with van der Waals surface area (Å²) in [5, 5.41) is 24.9. The molecule has 0 saturated carbocycles. The largest absolute Gasteiger partial charge is 0.508 e. The van der Waals surface area contributed by atoms with Gasteiger partial charge in [-0.1, -0.05) is 12.1 Å². The third kappa shape index (κ3) is 8.09. The lowest BCUT2D eigenvalue weighted by Crippen LogP contribution is -2.56. The Morgan fingerprint density at radius 3 is 2.16 bits per heavy atom. The Kier molecular flexibility index (Phi) is 9.30. The number of ether oxygens (including phenoxy) is 1. The molecular weight excluding hydrogens is 402 g/mol. The number of aliphatic hydroxyl groups is 1. The van der Waals surface area contributed by atoms with Crippen molar-refractivity contribution in [3.05, 3.63) is 29.8 Å². The summed E-state index contributed by atoms with van der Waals surface area (Å²) in [7, 11) is 0. The first-order valence-electron chi connectivity index (χ1n) is 10.3. The molecule has 0 spiro atoms. The van der Waals surface area contributed by atoms with E-state index in [0.717, 1.165) is 0 Å². The molecule has 3 amide bonds. The van der Waals surface area contributed by atoms with Crippen LogP contribution >= 0.6 is 0 Å². The number of nitrogens with zero attached hydrogens (tertiary/aromatic N) is 1. The zero-order chi connectivity index (χ0) is 23.9. The van der Waals surface area contributed by atoms with Crippen molar-refractivity contribution in [3.63, 3.8) is 0 Å². The first-order valence-corrected chi connectivity index (χ1v) is 10.3. The maximum Gasteiger partial charge on any atom is 0.408 e. The number of aliphatic hydroxyl groups excluding tert-OH is 1. The molecule has 0 fully saturated rings. The van der Waals surface area contributed by atoms with Gasteiger partial charge < -0.3 is 30.5 Å². The number of aromatic hydroxyl groups is 1. The van der Waals surface area contributed by atoms with Gasteiger partial charge >= 0.3 is 6.09 Å². The van der Waals surface area contributed by atoms with Gasteiger partial charge in [0.25, 0.3) is 0 Å². The molecule has 0 bridgehead atoms. The van der Waals surface area contributed by atoms with Crippen molar-refractivity contribution in [2.45, 2.75) is 78.2 Å². The molecule has 2 atom stereocenters. The van der Waals surface area contributed by atoms with Gasteiger partial charge in [-0.2, -0.15) is 0 Å². The molecule has 9 nitrogen and oxygen atoms in total. The number of carbonyl (C=O) groups is 3. The molecule has 1 aromatic rings. The van der Waals surface area contributed by atoms with Crippen molar-refractivity contribution >= 4 is 17.9 Å². The van der Waals surface area contributed by atoms with Crippen LogP contribution in [0.3, 0.4) is 0 Å². The lowest BCUT2D eigenvalue weighted by molar-refractivity contribution is -0.145. The molecule has 2 unspecified atom stereocenters. The van der Waals surface area contributed by atoms with Crippen LogP contribution in [0.1, 0.15) is 60.1 Å². The van der Waals surface area contributed by atoms with Crippen LogP contribution in [-0.4, -0.2) is 63.4 Å². The summed E-state index contributed by atoms with van der Waals surface area (Å²) >= 11 is 0. The summed E-state index contributed by atoms with van der Waals surface area (Å²) < 4.78 is 5.18. The molecule has 0 aliphatic rings. The maximum absolute atomic E-state index is 13.4. The Bertz CT molecular complexity index is 773. The van der Waals surface area contributed by atoms with Crippen LogP contribution in [0.2, 0.25) is 0 Å². The summed E-state index contributed by atoms with van der Waals surface area (Å²) in [5.74, 6) is -1.16. The number of benzene rings is 1. The Hall–Kier alpha value is -2.81. The van der Waals surface area contributed by atoms with Crippen LogP contribution in [0.4, 0.5) is 4.79 Å². The second-order valence-corrected chi connectivity index (χ2v) is 8.88. The number of carbonyl (C=O) groups excluding carboxylic acids is 3. The molecule has 0 aliphatic carbocycles. The van der Waals surface area contributed by atoms with Gasteiger partial charge in [0.05, 0.1) is 6.61 Å². The highest BCUT2D eigenvalue weighted by atomic mass is 16.6. The van der Waals surface area contributed by atoms with E-state index in [-0.39, 0.29) is 11.8 Å². The summed E-state index contributed by atoms with van der Waals surface area (Å²) in [6.45, 7) is 11.4. The predicted molar refractivity (Wildman–Crippen MR) is 116 cm³/mol. The predicted octanol–water partition coefficient (Wildman–Crippen LogP) is 2.08. The number of hydrogen-bond donors (Lipinski definition) is 4. The van der Waals surface area contributed by atoms with Gasteiger partial charge in [-0.3, -0.25) is 9.59 Å². The zero-order valence-corrected chi connectivity index (χ0v) is 19.3. The molecule has 0 saturated heterocycles. The minimum atomic E-state index is -1.32. The third-order valence-electron chi connectivity index (χ3n) is 4.13. The van der Waals surface area contributed by atoms with Crippen molar-refractivity contribution in [1.82, 2.24) is 15.5 Å². The molecule has 0 aromatic heterocycles. The van der Waals surface area contributed by atoms with E-state index >= 15 is 0 Å². The summed E-state index contributed by atoms with van der Waals surface area (Å²) in [6, 6.07) is 3.01. The van der Waals surface area contributed by atoms with Crippen molar-refractivity contribution in [3.8, 4) is 5.75 Å². The first kappa shape index (κ1) is 26.2. The second-order valence-electron chi connectivity index (χ2n) is 8.88. The highest BCUT2D eigenvalue weighted by Gasteiger charge is 2.37. The molecule has 31 heavy (non-hydrogen) atoms. The van der Waals surface area contributed by atoms with Gasteiger partial charge in [-0.25, -0.2) is 4.79 Å². The van der Waals surface area contributed by atoms with E-state index in [1.807, 2.05) is 0 Å². The van der Waals surface area contributed by atoms with Gasteiger partial charge in [0.15, 0.2) is 0 Å². The van der Waals surface area contributed by atoms with Crippen molar-refractivity contribution < 1.29 is 29.3 Å². The van der Waals surface area contributed by atoms with Crippen molar-refractivity contribution in [1.29, 1.82) is 0 Å². The number of rotatable bonds is 8. The second kappa shape index (κ2) is 11.0. The van der Waals surface area contributed by atoms with E-state index in [9.17, 15) is 24.6 Å². The number of amides is 3. The smallest absolute Gasteiger partial charge is 0.408 e. The lowest BCUT2D eigenvalue weighted by atomic mass is 10.0. The highest BCUT2D eigenvalue weighted by Crippen LogP contribution is 2.27. The molecule has 0 heterocycles.